The van der Waals surface area contributed by atoms with Gasteiger partial charge in [-0.25, -0.2) is 0 Å². The molecule has 1 aromatic rings. The van der Waals surface area contributed by atoms with Crippen LogP contribution in [-0.4, -0.2) is 16.3 Å². The molecule has 2 rings (SSSR count). The molecule has 1 aromatic heterocycles. The molecule has 1 heterocycles. The van der Waals surface area contributed by atoms with Crippen LogP contribution >= 0.6 is 0 Å². The first kappa shape index (κ1) is 16.5. The standard InChI is InChI=1S/C18H33N3/c1-4-7-8-15-9-11-16(12-10-15)18(19-5-2)17-13-20-21(6-3)14-17/h13-16,18-19H,4-12H2,1-3H3. The number of nitrogens with zero attached hydrogens (tertiary/aromatic N) is 2. The van der Waals surface area contributed by atoms with Gasteiger partial charge >= 0.3 is 0 Å². The van der Waals surface area contributed by atoms with E-state index in [1.807, 2.05) is 4.68 Å². The summed E-state index contributed by atoms with van der Waals surface area (Å²) in [4.78, 5) is 0. The molecule has 0 aliphatic heterocycles. The molecule has 0 saturated heterocycles. The lowest BCUT2D eigenvalue weighted by atomic mass is 9.75. The van der Waals surface area contributed by atoms with Crippen LogP contribution in [0.3, 0.4) is 0 Å². The van der Waals surface area contributed by atoms with Gasteiger partial charge in [-0.2, -0.15) is 5.10 Å². The molecule has 1 fully saturated rings. The van der Waals surface area contributed by atoms with E-state index < -0.39 is 0 Å². The van der Waals surface area contributed by atoms with Crippen molar-refractivity contribution in [3.05, 3.63) is 18.0 Å². The van der Waals surface area contributed by atoms with Crippen molar-refractivity contribution in [2.75, 3.05) is 6.54 Å². The highest BCUT2D eigenvalue weighted by Crippen LogP contribution is 2.38. The summed E-state index contributed by atoms with van der Waals surface area (Å²) in [7, 11) is 0. The van der Waals surface area contributed by atoms with Gasteiger partial charge in [0.25, 0.3) is 0 Å². The summed E-state index contributed by atoms with van der Waals surface area (Å²) in [5.74, 6) is 1.78. The summed E-state index contributed by atoms with van der Waals surface area (Å²) in [6.07, 6.45) is 14.1. The molecular formula is C18H33N3. The molecule has 1 atom stereocenters. The van der Waals surface area contributed by atoms with Crippen molar-refractivity contribution in [3.63, 3.8) is 0 Å². The highest BCUT2D eigenvalue weighted by molar-refractivity contribution is 5.12. The van der Waals surface area contributed by atoms with Gasteiger partial charge < -0.3 is 5.32 Å². The van der Waals surface area contributed by atoms with Crippen LogP contribution in [-0.2, 0) is 6.54 Å². The second kappa shape index (κ2) is 8.57. The molecule has 1 saturated carbocycles. The molecule has 0 aromatic carbocycles. The largest absolute Gasteiger partial charge is 0.310 e. The maximum Gasteiger partial charge on any atom is 0.0537 e. The molecule has 1 N–H and O–H groups in total. The van der Waals surface area contributed by atoms with Gasteiger partial charge in [-0.05, 0) is 38.1 Å². The van der Waals surface area contributed by atoms with Crippen molar-refractivity contribution >= 4 is 0 Å². The highest BCUT2D eigenvalue weighted by atomic mass is 15.3. The number of aryl methyl sites for hydroxylation is 1. The van der Waals surface area contributed by atoms with Gasteiger partial charge in [0.15, 0.2) is 0 Å². The first-order chi connectivity index (χ1) is 10.3. The van der Waals surface area contributed by atoms with E-state index >= 15 is 0 Å². The molecule has 0 amide bonds. The third-order valence-corrected chi connectivity index (χ3v) is 5.09. The fourth-order valence-corrected chi connectivity index (χ4v) is 3.79. The van der Waals surface area contributed by atoms with E-state index in [4.69, 9.17) is 0 Å². The number of aromatic nitrogens is 2. The van der Waals surface area contributed by atoms with Crippen LogP contribution in [0.4, 0.5) is 0 Å². The second-order valence-electron chi connectivity index (χ2n) is 6.59. The van der Waals surface area contributed by atoms with Gasteiger partial charge in [0.05, 0.1) is 6.20 Å². The van der Waals surface area contributed by atoms with Gasteiger partial charge in [-0.3, -0.25) is 4.68 Å². The van der Waals surface area contributed by atoms with E-state index in [0.29, 0.717) is 6.04 Å². The maximum atomic E-state index is 4.46. The topological polar surface area (TPSA) is 29.9 Å². The summed E-state index contributed by atoms with van der Waals surface area (Å²) in [6.45, 7) is 8.67. The van der Waals surface area contributed by atoms with Crippen molar-refractivity contribution in [3.8, 4) is 0 Å². The van der Waals surface area contributed by atoms with Gasteiger partial charge in [-0.1, -0.05) is 46.0 Å². The van der Waals surface area contributed by atoms with E-state index in [1.54, 1.807) is 0 Å². The number of nitrogens with one attached hydrogen (secondary N) is 1. The Morgan fingerprint density at radius 2 is 2.00 bits per heavy atom. The number of rotatable bonds is 8. The van der Waals surface area contributed by atoms with Gasteiger partial charge in [0, 0.05) is 24.3 Å². The van der Waals surface area contributed by atoms with Gasteiger partial charge in [0.1, 0.15) is 0 Å². The maximum absolute atomic E-state index is 4.46. The van der Waals surface area contributed by atoms with E-state index in [2.05, 4.69) is 43.6 Å². The van der Waals surface area contributed by atoms with Crippen LogP contribution < -0.4 is 5.32 Å². The van der Waals surface area contributed by atoms with Gasteiger partial charge in [-0.15, -0.1) is 0 Å². The normalized spacial score (nSPS) is 24.1. The predicted octanol–water partition coefficient (Wildman–Crippen LogP) is 4.55. The lowest BCUT2D eigenvalue weighted by Crippen LogP contribution is -2.30. The van der Waals surface area contributed by atoms with Crippen molar-refractivity contribution < 1.29 is 0 Å². The lowest BCUT2D eigenvalue weighted by Gasteiger charge is -2.34. The zero-order valence-electron chi connectivity index (χ0n) is 14.1. The van der Waals surface area contributed by atoms with Crippen LogP contribution in [0, 0.1) is 11.8 Å². The van der Waals surface area contributed by atoms with E-state index in [9.17, 15) is 0 Å². The Balaban J connectivity index is 1.93. The van der Waals surface area contributed by atoms with Crippen LogP contribution in [0.1, 0.15) is 77.3 Å². The number of hydrogen-bond donors (Lipinski definition) is 1. The van der Waals surface area contributed by atoms with Crippen LogP contribution in [0.2, 0.25) is 0 Å². The summed E-state index contributed by atoms with van der Waals surface area (Å²) >= 11 is 0. The zero-order valence-corrected chi connectivity index (χ0v) is 14.1. The van der Waals surface area contributed by atoms with Gasteiger partial charge in [0.2, 0.25) is 0 Å². The molecule has 120 valence electrons. The Kier molecular flexibility index (Phi) is 6.75. The molecule has 3 heteroatoms. The number of unbranched alkanes of at least 4 members (excludes halogenated alkanes) is 1. The minimum atomic E-state index is 0.502. The van der Waals surface area contributed by atoms with E-state index in [-0.39, 0.29) is 0 Å². The molecule has 0 bridgehead atoms. The number of hydrogen-bond acceptors (Lipinski definition) is 2. The van der Waals surface area contributed by atoms with E-state index in [0.717, 1.165) is 24.9 Å². The van der Waals surface area contributed by atoms with Crippen molar-refractivity contribution in [1.82, 2.24) is 15.1 Å². The Bertz CT molecular complexity index is 391. The zero-order chi connectivity index (χ0) is 15.1. The summed E-state index contributed by atoms with van der Waals surface area (Å²) in [6, 6.07) is 0.502. The average Bonchev–Trinajstić information content (AvgIpc) is 3.00. The Labute approximate surface area is 130 Å². The van der Waals surface area contributed by atoms with Crippen molar-refractivity contribution in [2.24, 2.45) is 11.8 Å². The molecule has 21 heavy (non-hydrogen) atoms. The van der Waals surface area contributed by atoms with Crippen LogP contribution in [0.25, 0.3) is 0 Å². The molecule has 1 aliphatic carbocycles. The quantitative estimate of drug-likeness (QED) is 0.761. The van der Waals surface area contributed by atoms with Crippen LogP contribution in [0.15, 0.2) is 12.4 Å². The molecule has 3 nitrogen and oxygen atoms in total. The lowest BCUT2D eigenvalue weighted by molar-refractivity contribution is 0.214. The monoisotopic (exact) mass is 291 g/mol. The summed E-state index contributed by atoms with van der Waals surface area (Å²) in [5, 5.41) is 8.18. The SMILES string of the molecule is CCCCC1CCC(C(NCC)c2cnn(CC)c2)CC1. The van der Waals surface area contributed by atoms with Crippen molar-refractivity contribution in [2.45, 2.75) is 78.3 Å². The fraction of sp³-hybridized carbons (Fsp3) is 0.833. The summed E-state index contributed by atoms with van der Waals surface area (Å²) < 4.78 is 2.05. The molecule has 0 spiro atoms. The smallest absolute Gasteiger partial charge is 0.0537 e. The van der Waals surface area contributed by atoms with E-state index in [1.165, 1.54) is 50.5 Å². The fourth-order valence-electron chi connectivity index (χ4n) is 3.79. The molecule has 0 radical (unpaired) electrons. The molecular weight excluding hydrogens is 258 g/mol. The average molecular weight is 291 g/mol. The molecule has 1 unspecified atom stereocenters. The molecule has 1 aliphatic rings. The first-order valence-electron chi connectivity index (χ1n) is 9.04. The third-order valence-electron chi connectivity index (χ3n) is 5.09. The predicted molar refractivity (Wildman–Crippen MR) is 89.3 cm³/mol. The van der Waals surface area contributed by atoms with Crippen molar-refractivity contribution in [1.29, 1.82) is 0 Å². The first-order valence-corrected chi connectivity index (χ1v) is 9.04. The Morgan fingerprint density at radius 1 is 1.24 bits per heavy atom. The second-order valence-corrected chi connectivity index (χ2v) is 6.59. The Morgan fingerprint density at radius 3 is 2.57 bits per heavy atom. The highest BCUT2D eigenvalue weighted by Gasteiger charge is 2.28. The third kappa shape index (κ3) is 4.57. The Hall–Kier alpha value is -0.830. The summed E-state index contributed by atoms with van der Waals surface area (Å²) in [5.41, 5.74) is 1.38. The minimum absolute atomic E-state index is 0.502. The minimum Gasteiger partial charge on any atom is -0.310 e. The van der Waals surface area contributed by atoms with Crippen LogP contribution in [0.5, 0.6) is 0 Å².